The van der Waals surface area contributed by atoms with Gasteiger partial charge in [0.25, 0.3) is 10.0 Å². The number of hydrogen-bond donors (Lipinski definition) is 1. The zero-order valence-electron chi connectivity index (χ0n) is 14.1. The van der Waals surface area contributed by atoms with E-state index in [9.17, 15) is 8.42 Å². The van der Waals surface area contributed by atoms with E-state index in [1.54, 1.807) is 29.2 Å². The molecule has 0 saturated carbocycles. The molecule has 1 N–H and O–H groups in total. The Labute approximate surface area is 148 Å². The maximum Gasteiger partial charge on any atom is 0.263 e. The summed E-state index contributed by atoms with van der Waals surface area (Å²) in [6.07, 6.45) is 1.34. The van der Waals surface area contributed by atoms with Crippen LogP contribution in [0, 0.1) is 0 Å². The SMILES string of the molecule is CN(C)Cc1cc(NS(=O)(=O)c2ccc(N(C)C)nc2)ccc1Cl. The molecule has 0 aliphatic rings. The van der Waals surface area contributed by atoms with E-state index in [2.05, 4.69) is 9.71 Å². The molecule has 130 valence electrons. The van der Waals surface area contributed by atoms with Crippen LogP contribution in [0.25, 0.3) is 0 Å². The highest BCUT2D eigenvalue weighted by molar-refractivity contribution is 7.92. The fourth-order valence-electron chi connectivity index (χ4n) is 2.11. The molecule has 1 aromatic heterocycles. The first kappa shape index (κ1) is 18.5. The lowest BCUT2D eigenvalue weighted by atomic mass is 10.2. The number of aromatic nitrogens is 1. The lowest BCUT2D eigenvalue weighted by molar-refractivity contribution is 0.402. The molecule has 0 unspecified atom stereocenters. The van der Waals surface area contributed by atoms with Crippen LogP contribution >= 0.6 is 11.6 Å². The zero-order chi connectivity index (χ0) is 17.9. The van der Waals surface area contributed by atoms with Crippen LogP contribution in [-0.4, -0.2) is 46.5 Å². The fraction of sp³-hybridized carbons (Fsp3) is 0.312. The third-order valence-electron chi connectivity index (χ3n) is 3.27. The fourth-order valence-corrected chi connectivity index (χ4v) is 3.28. The summed E-state index contributed by atoms with van der Waals surface area (Å²) in [5, 5.41) is 0.601. The highest BCUT2D eigenvalue weighted by Gasteiger charge is 2.16. The van der Waals surface area contributed by atoms with Crippen LogP contribution in [0.2, 0.25) is 5.02 Å². The Morgan fingerprint density at radius 1 is 1.12 bits per heavy atom. The van der Waals surface area contributed by atoms with Crippen molar-refractivity contribution in [3.63, 3.8) is 0 Å². The molecule has 0 bridgehead atoms. The maximum absolute atomic E-state index is 12.5. The minimum atomic E-state index is -3.70. The number of pyridine rings is 1. The summed E-state index contributed by atoms with van der Waals surface area (Å²) in [6, 6.07) is 8.25. The van der Waals surface area contributed by atoms with E-state index in [4.69, 9.17) is 11.6 Å². The largest absolute Gasteiger partial charge is 0.363 e. The molecule has 0 aliphatic carbocycles. The molecule has 0 radical (unpaired) electrons. The normalized spacial score (nSPS) is 11.6. The molecular weight excluding hydrogens is 348 g/mol. The molecule has 8 heteroatoms. The van der Waals surface area contributed by atoms with Crippen LogP contribution in [0.1, 0.15) is 5.56 Å². The first-order valence-corrected chi connectivity index (χ1v) is 9.14. The Morgan fingerprint density at radius 2 is 1.83 bits per heavy atom. The highest BCUT2D eigenvalue weighted by Crippen LogP contribution is 2.24. The number of sulfonamides is 1. The van der Waals surface area contributed by atoms with E-state index >= 15 is 0 Å². The molecule has 2 aromatic rings. The first-order valence-electron chi connectivity index (χ1n) is 7.28. The minimum absolute atomic E-state index is 0.109. The Morgan fingerprint density at radius 3 is 2.38 bits per heavy atom. The summed E-state index contributed by atoms with van der Waals surface area (Å²) in [5.74, 6) is 0.689. The summed E-state index contributed by atoms with van der Waals surface area (Å²) in [5.41, 5.74) is 1.32. The Hall–Kier alpha value is -1.83. The van der Waals surface area contributed by atoms with Gasteiger partial charge in [-0.25, -0.2) is 13.4 Å². The second-order valence-electron chi connectivity index (χ2n) is 5.90. The van der Waals surface area contributed by atoms with Gasteiger partial charge in [0.15, 0.2) is 0 Å². The van der Waals surface area contributed by atoms with E-state index in [1.807, 2.05) is 33.1 Å². The Kier molecular flexibility index (Phi) is 5.69. The van der Waals surface area contributed by atoms with Crippen LogP contribution in [0.3, 0.4) is 0 Å². The number of halogens is 1. The topological polar surface area (TPSA) is 65.5 Å². The monoisotopic (exact) mass is 368 g/mol. The van der Waals surface area contributed by atoms with Crippen molar-refractivity contribution in [1.82, 2.24) is 9.88 Å². The molecule has 0 amide bonds. The van der Waals surface area contributed by atoms with E-state index in [0.29, 0.717) is 23.1 Å². The molecule has 2 rings (SSSR count). The van der Waals surface area contributed by atoms with Gasteiger partial charge in [-0.15, -0.1) is 0 Å². The molecular formula is C16H21ClN4O2S. The summed E-state index contributed by atoms with van der Waals surface area (Å²) in [7, 11) is 3.83. The minimum Gasteiger partial charge on any atom is -0.363 e. The predicted molar refractivity (Wildman–Crippen MR) is 98.2 cm³/mol. The number of nitrogens with zero attached hydrogens (tertiary/aromatic N) is 3. The van der Waals surface area contributed by atoms with E-state index in [-0.39, 0.29) is 4.90 Å². The Balaban J connectivity index is 2.25. The van der Waals surface area contributed by atoms with Gasteiger partial charge >= 0.3 is 0 Å². The Bertz CT molecular complexity index is 805. The van der Waals surface area contributed by atoms with Gasteiger partial charge in [-0.2, -0.15) is 0 Å². The molecule has 6 nitrogen and oxygen atoms in total. The van der Waals surface area contributed by atoms with E-state index in [1.165, 1.54) is 12.3 Å². The van der Waals surface area contributed by atoms with Crippen LogP contribution in [-0.2, 0) is 16.6 Å². The summed E-state index contributed by atoms with van der Waals surface area (Å²) in [6.45, 7) is 0.619. The second-order valence-corrected chi connectivity index (χ2v) is 7.99. The number of benzene rings is 1. The van der Waals surface area contributed by atoms with Crippen LogP contribution in [0.5, 0.6) is 0 Å². The van der Waals surface area contributed by atoms with Gasteiger partial charge < -0.3 is 9.80 Å². The summed E-state index contributed by atoms with van der Waals surface area (Å²) in [4.78, 5) is 8.01. The second kappa shape index (κ2) is 7.38. The van der Waals surface area contributed by atoms with Crippen molar-refractivity contribution in [3.8, 4) is 0 Å². The number of hydrogen-bond acceptors (Lipinski definition) is 5. The number of anilines is 2. The molecule has 1 aromatic carbocycles. The average molecular weight is 369 g/mol. The molecule has 0 fully saturated rings. The van der Waals surface area contributed by atoms with Gasteiger partial charge in [-0.05, 0) is 50.0 Å². The summed E-state index contributed by atoms with van der Waals surface area (Å²) >= 11 is 6.16. The highest BCUT2D eigenvalue weighted by atomic mass is 35.5. The van der Waals surface area contributed by atoms with E-state index in [0.717, 1.165) is 5.56 Å². The van der Waals surface area contributed by atoms with Gasteiger partial charge in [0.05, 0.1) is 0 Å². The van der Waals surface area contributed by atoms with Gasteiger partial charge in [-0.1, -0.05) is 11.6 Å². The van der Waals surface area contributed by atoms with Gasteiger partial charge in [0, 0.05) is 37.5 Å². The number of rotatable bonds is 6. The van der Waals surface area contributed by atoms with Crippen molar-refractivity contribution in [3.05, 3.63) is 47.1 Å². The van der Waals surface area contributed by atoms with Gasteiger partial charge in [-0.3, -0.25) is 4.72 Å². The lowest BCUT2D eigenvalue weighted by Crippen LogP contribution is -2.16. The number of nitrogens with one attached hydrogen (secondary N) is 1. The van der Waals surface area contributed by atoms with Crippen molar-refractivity contribution in [1.29, 1.82) is 0 Å². The zero-order valence-corrected chi connectivity index (χ0v) is 15.7. The molecule has 0 saturated heterocycles. The van der Waals surface area contributed by atoms with Crippen molar-refractivity contribution < 1.29 is 8.42 Å². The average Bonchev–Trinajstić information content (AvgIpc) is 2.50. The van der Waals surface area contributed by atoms with Crippen LogP contribution in [0.4, 0.5) is 11.5 Å². The first-order chi connectivity index (χ1) is 11.2. The van der Waals surface area contributed by atoms with Crippen molar-refractivity contribution in [2.24, 2.45) is 0 Å². The van der Waals surface area contributed by atoms with Gasteiger partial charge in [0.1, 0.15) is 10.7 Å². The molecule has 0 spiro atoms. The van der Waals surface area contributed by atoms with Crippen molar-refractivity contribution in [2.75, 3.05) is 37.8 Å². The van der Waals surface area contributed by atoms with Crippen LogP contribution in [0.15, 0.2) is 41.4 Å². The molecule has 1 heterocycles. The lowest BCUT2D eigenvalue weighted by Gasteiger charge is -2.14. The maximum atomic E-state index is 12.5. The third kappa shape index (κ3) is 4.59. The molecule has 0 atom stereocenters. The summed E-state index contributed by atoms with van der Waals surface area (Å²) < 4.78 is 27.6. The predicted octanol–water partition coefficient (Wildman–Crippen LogP) is 2.66. The third-order valence-corrected chi connectivity index (χ3v) is 5.01. The van der Waals surface area contributed by atoms with Gasteiger partial charge in [0.2, 0.25) is 0 Å². The van der Waals surface area contributed by atoms with Crippen molar-refractivity contribution in [2.45, 2.75) is 11.4 Å². The van der Waals surface area contributed by atoms with Crippen LogP contribution < -0.4 is 9.62 Å². The quantitative estimate of drug-likeness (QED) is 0.849. The smallest absolute Gasteiger partial charge is 0.263 e. The molecule has 24 heavy (non-hydrogen) atoms. The standard InChI is InChI=1S/C16H21ClN4O2S/c1-20(2)11-12-9-13(5-7-15(12)17)19-24(22,23)14-6-8-16(18-10-14)21(3)4/h5-10,19H,11H2,1-4H3. The van der Waals surface area contributed by atoms with E-state index < -0.39 is 10.0 Å². The van der Waals surface area contributed by atoms with Crippen molar-refractivity contribution >= 4 is 33.1 Å². The molecule has 0 aliphatic heterocycles.